The number of benzene rings is 2. The number of carbonyl (C=O) groups is 1. The van der Waals surface area contributed by atoms with Crippen LogP contribution in [0.2, 0.25) is 5.02 Å². The molecule has 0 atom stereocenters. The van der Waals surface area contributed by atoms with Crippen molar-refractivity contribution in [2.75, 3.05) is 18.9 Å². The van der Waals surface area contributed by atoms with Crippen LogP contribution in [0.3, 0.4) is 0 Å². The van der Waals surface area contributed by atoms with E-state index in [1.807, 2.05) is 6.07 Å². The first-order valence-corrected chi connectivity index (χ1v) is 7.91. The van der Waals surface area contributed by atoms with E-state index < -0.39 is 11.7 Å². The van der Waals surface area contributed by atoms with Crippen LogP contribution in [-0.4, -0.2) is 24.4 Å². The van der Waals surface area contributed by atoms with Crippen molar-refractivity contribution >= 4 is 23.2 Å². The van der Waals surface area contributed by atoms with Gasteiger partial charge in [0.15, 0.2) is 0 Å². The van der Waals surface area contributed by atoms with Crippen molar-refractivity contribution < 1.29 is 18.0 Å². The molecule has 0 fully saturated rings. The van der Waals surface area contributed by atoms with Crippen molar-refractivity contribution in [3.8, 4) is 6.07 Å². The van der Waals surface area contributed by atoms with Crippen molar-refractivity contribution in [3.63, 3.8) is 0 Å². The Morgan fingerprint density at radius 3 is 2.46 bits per heavy atom. The molecule has 1 amide bonds. The van der Waals surface area contributed by atoms with E-state index in [9.17, 15) is 18.0 Å². The van der Waals surface area contributed by atoms with Gasteiger partial charge in [-0.1, -0.05) is 23.7 Å². The van der Waals surface area contributed by atoms with Crippen LogP contribution in [0.1, 0.15) is 16.7 Å². The standard InChI is InChI=1S/C18H15ClF3N3O/c1-25(10-12-2-5-14(6-3-12)18(20,21)22)11-17(26)24-16-8-15(19)7-4-13(16)9-23/h2-8H,10-11H2,1H3,(H,24,26). The zero-order valence-corrected chi connectivity index (χ0v) is 14.5. The molecule has 8 heteroatoms. The van der Waals surface area contributed by atoms with Gasteiger partial charge in [0, 0.05) is 11.6 Å². The fraction of sp³-hybridized carbons (Fsp3) is 0.222. The molecule has 0 saturated heterocycles. The Labute approximate surface area is 153 Å². The number of nitrogens with zero attached hydrogens (tertiary/aromatic N) is 2. The highest BCUT2D eigenvalue weighted by molar-refractivity contribution is 6.31. The number of anilines is 1. The number of hydrogen-bond acceptors (Lipinski definition) is 3. The largest absolute Gasteiger partial charge is 0.416 e. The second-order valence-corrected chi connectivity index (χ2v) is 6.15. The van der Waals surface area contributed by atoms with Gasteiger partial charge in [0.1, 0.15) is 6.07 Å². The predicted octanol–water partition coefficient (Wildman–Crippen LogP) is 4.30. The Balaban J connectivity index is 1.95. The highest BCUT2D eigenvalue weighted by atomic mass is 35.5. The third-order valence-electron chi connectivity index (χ3n) is 3.52. The van der Waals surface area contributed by atoms with Gasteiger partial charge < -0.3 is 5.32 Å². The molecule has 2 rings (SSSR count). The van der Waals surface area contributed by atoms with E-state index in [2.05, 4.69) is 5.32 Å². The molecule has 0 aliphatic heterocycles. The first-order valence-electron chi connectivity index (χ1n) is 7.53. The number of likely N-dealkylation sites (N-methyl/N-ethyl adjacent to an activating group) is 1. The summed E-state index contributed by atoms with van der Waals surface area (Å²) in [5.74, 6) is -0.363. The minimum absolute atomic E-state index is 0.00158. The zero-order valence-electron chi connectivity index (χ0n) is 13.8. The lowest BCUT2D eigenvalue weighted by atomic mass is 10.1. The van der Waals surface area contributed by atoms with Crippen molar-refractivity contribution in [1.82, 2.24) is 4.90 Å². The fourth-order valence-electron chi connectivity index (χ4n) is 2.32. The van der Waals surface area contributed by atoms with Gasteiger partial charge in [-0.2, -0.15) is 18.4 Å². The number of alkyl halides is 3. The van der Waals surface area contributed by atoms with Gasteiger partial charge in [0.05, 0.1) is 23.4 Å². The number of halogens is 4. The molecule has 0 unspecified atom stereocenters. The molecule has 0 aliphatic carbocycles. The minimum Gasteiger partial charge on any atom is -0.324 e. The predicted molar refractivity (Wildman–Crippen MR) is 92.6 cm³/mol. The molecule has 4 nitrogen and oxygen atoms in total. The summed E-state index contributed by atoms with van der Waals surface area (Å²) in [5, 5.41) is 12.0. The molecule has 2 aromatic rings. The molecular weight excluding hydrogens is 367 g/mol. The molecule has 26 heavy (non-hydrogen) atoms. The van der Waals surface area contributed by atoms with E-state index >= 15 is 0 Å². The van der Waals surface area contributed by atoms with Gasteiger partial charge in [-0.15, -0.1) is 0 Å². The van der Waals surface area contributed by atoms with E-state index in [0.717, 1.165) is 12.1 Å². The number of hydrogen-bond donors (Lipinski definition) is 1. The zero-order chi connectivity index (χ0) is 19.3. The average Bonchev–Trinajstić information content (AvgIpc) is 2.54. The highest BCUT2D eigenvalue weighted by Gasteiger charge is 2.29. The van der Waals surface area contributed by atoms with Crippen LogP contribution in [0.25, 0.3) is 0 Å². The first kappa shape index (κ1) is 19.8. The summed E-state index contributed by atoms with van der Waals surface area (Å²) < 4.78 is 37.7. The first-order chi connectivity index (χ1) is 12.2. The summed E-state index contributed by atoms with van der Waals surface area (Å²) in [7, 11) is 1.67. The molecule has 0 aliphatic rings. The molecule has 1 N–H and O–H groups in total. The van der Waals surface area contributed by atoms with Crippen molar-refractivity contribution in [1.29, 1.82) is 5.26 Å². The minimum atomic E-state index is -4.38. The van der Waals surface area contributed by atoms with Gasteiger partial charge in [-0.25, -0.2) is 0 Å². The van der Waals surface area contributed by atoms with Crippen LogP contribution >= 0.6 is 11.6 Å². The maximum atomic E-state index is 12.6. The Morgan fingerprint density at radius 2 is 1.88 bits per heavy atom. The Bertz CT molecular complexity index is 829. The highest BCUT2D eigenvalue weighted by Crippen LogP contribution is 2.29. The third kappa shape index (κ3) is 5.48. The molecule has 0 bridgehead atoms. The molecule has 136 valence electrons. The number of carbonyl (C=O) groups excluding carboxylic acids is 1. The van der Waals surface area contributed by atoms with Crippen molar-refractivity contribution in [2.24, 2.45) is 0 Å². The molecule has 0 radical (unpaired) electrons. The molecule has 0 aromatic heterocycles. The molecular formula is C18H15ClF3N3O. The van der Waals surface area contributed by atoms with Crippen LogP contribution < -0.4 is 5.32 Å². The summed E-state index contributed by atoms with van der Waals surface area (Å²) in [4.78, 5) is 13.8. The maximum Gasteiger partial charge on any atom is 0.416 e. The SMILES string of the molecule is CN(CC(=O)Nc1cc(Cl)ccc1C#N)Cc1ccc(C(F)(F)F)cc1. The monoisotopic (exact) mass is 381 g/mol. The second-order valence-electron chi connectivity index (χ2n) is 5.72. The van der Waals surface area contributed by atoms with Gasteiger partial charge in [0.2, 0.25) is 5.91 Å². The van der Waals surface area contributed by atoms with Crippen LogP contribution in [0.15, 0.2) is 42.5 Å². The third-order valence-corrected chi connectivity index (χ3v) is 3.76. The Hall–Kier alpha value is -2.56. The average molecular weight is 382 g/mol. The van der Waals surface area contributed by atoms with E-state index in [4.69, 9.17) is 16.9 Å². The summed E-state index contributed by atoms with van der Waals surface area (Å²) in [6, 6.07) is 11.3. The normalized spacial score (nSPS) is 11.3. The Kier molecular flexibility index (Phi) is 6.24. The van der Waals surface area contributed by atoms with E-state index in [1.54, 1.807) is 18.0 Å². The Morgan fingerprint density at radius 1 is 1.23 bits per heavy atom. The lowest BCUT2D eigenvalue weighted by molar-refractivity contribution is -0.137. The van der Waals surface area contributed by atoms with Crippen LogP contribution in [0, 0.1) is 11.3 Å². The fourth-order valence-corrected chi connectivity index (χ4v) is 2.49. The lowest BCUT2D eigenvalue weighted by Gasteiger charge is -2.17. The van der Waals surface area contributed by atoms with E-state index in [-0.39, 0.29) is 18.0 Å². The van der Waals surface area contributed by atoms with E-state index in [0.29, 0.717) is 22.8 Å². The van der Waals surface area contributed by atoms with E-state index in [1.165, 1.54) is 24.3 Å². The van der Waals surface area contributed by atoms with Crippen molar-refractivity contribution in [2.45, 2.75) is 12.7 Å². The second kappa shape index (κ2) is 8.21. The molecule has 2 aromatic carbocycles. The van der Waals surface area contributed by atoms with Crippen LogP contribution in [-0.2, 0) is 17.5 Å². The van der Waals surface area contributed by atoms with Crippen LogP contribution in [0.5, 0.6) is 0 Å². The molecule has 0 heterocycles. The van der Waals surface area contributed by atoms with Gasteiger partial charge in [0.25, 0.3) is 0 Å². The summed E-state index contributed by atoms with van der Waals surface area (Å²) in [6.45, 7) is 0.296. The van der Waals surface area contributed by atoms with Gasteiger partial charge in [-0.05, 0) is 42.9 Å². The van der Waals surface area contributed by atoms with Crippen molar-refractivity contribution in [3.05, 3.63) is 64.2 Å². The van der Waals surface area contributed by atoms with Gasteiger partial charge in [-0.3, -0.25) is 9.69 Å². The number of nitrogens with one attached hydrogen (secondary N) is 1. The summed E-state index contributed by atoms with van der Waals surface area (Å²) in [5.41, 5.74) is 0.529. The smallest absolute Gasteiger partial charge is 0.324 e. The van der Waals surface area contributed by atoms with Gasteiger partial charge >= 0.3 is 6.18 Å². The van der Waals surface area contributed by atoms with Crippen LogP contribution in [0.4, 0.5) is 18.9 Å². The lowest BCUT2D eigenvalue weighted by Crippen LogP contribution is -2.30. The number of rotatable bonds is 5. The quantitative estimate of drug-likeness (QED) is 0.840. The summed E-state index contributed by atoms with van der Waals surface area (Å²) in [6.07, 6.45) is -4.38. The molecule has 0 saturated carbocycles. The molecule has 0 spiro atoms. The number of amides is 1. The summed E-state index contributed by atoms with van der Waals surface area (Å²) >= 11 is 5.86. The number of nitriles is 1. The maximum absolute atomic E-state index is 12.6. The topological polar surface area (TPSA) is 56.1 Å².